The van der Waals surface area contributed by atoms with E-state index in [4.69, 9.17) is 4.74 Å². The van der Waals surface area contributed by atoms with Gasteiger partial charge in [0.15, 0.2) is 5.78 Å². The molecule has 0 amide bonds. The van der Waals surface area contributed by atoms with Crippen molar-refractivity contribution in [3.05, 3.63) is 64.2 Å². The van der Waals surface area contributed by atoms with Crippen LogP contribution in [0.25, 0.3) is 0 Å². The fourth-order valence-corrected chi connectivity index (χ4v) is 3.37. The van der Waals surface area contributed by atoms with E-state index in [0.29, 0.717) is 30.6 Å². The Balaban J connectivity index is 0.00000420. The number of phenols is 1. The number of hydrogen-bond donors (Lipinski definition) is 2. The Morgan fingerprint density at radius 2 is 1.66 bits per heavy atom. The van der Waals surface area contributed by atoms with Crippen LogP contribution in [0.1, 0.15) is 83.9 Å². The zero-order valence-corrected chi connectivity index (χ0v) is 17.8. The van der Waals surface area contributed by atoms with E-state index in [-0.39, 0.29) is 28.8 Å². The van der Waals surface area contributed by atoms with Crippen molar-refractivity contribution in [1.29, 1.82) is 0 Å². The Morgan fingerprint density at radius 1 is 0.966 bits per heavy atom. The number of carbonyl (C=O) groups is 2. The molecule has 5 heteroatoms. The fourth-order valence-electron chi connectivity index (χ4n) is 3.37. The van der Waals surface area contributed by atoms with Crippen LogP contribution in [-0.2, 0) is 17.6 Å². The molecule has 0 spiro atoms. The molecule has 4 N–H and O–H groups in total. The number of ketones is 1. The second kappa shape index (κ2) is 12.0. The Morgan fingerprint density at radius 3 is 2.24 bits per heavy atom. The fraction of sp³-hybridized carbons (Fsp3) is 0.417. The van der Waals surface area contributed by atoms with E-state index in [1.54, 1.807) is 30.3 Å². The first-order valence-electron chi connectivity index (χ1n) is 10.2. The van der Waals surface area contributed by atoms with Gasteiger partial charge >= 0.3 is 5.97 Å². The molecular formula is C24H33NO4. The zero-order chi connectivity index (χ0) is 20.5. The SMILES string of the molecule is CCCCCCOC(=O)c1cc(CC)c(CC)c(O)c1C(=O)c1ccccc1.N. The van der Waals surface area contributed by atoms with Gasteiger partial charge < -0.3 is 16.0 Å². The summed E-state index contributed by atoms with van der Waals surface area (Å²) in [6.07, 6.45) is 5.24. The number of benzene rings is 2. The number of carbonyl (C=O) groups excluding carboxylic acids is 2. The first-order valence-corrected chi connectivity index (χ1v) is 10.2. The van der Waals surface area contributed by atoms with E-state index in [0.717, 1.165) is 31.2 Å². The van der Waals surface area contributed by atoms with E-state index in [9.17, 15) is 14.7 Å². The van der Waals surface area contributed by atoms with Gasteiger partial charge in [0.25, 0.3) is 0 Å². The van der Waals surface area contributed by atoms with E-state index < -0.39 is 5.97 Å². The van der Waals surface area contributed by atoms with E-state index in [2.05, 4.69) is 6.92 Å². The summed E-state index contributed by atoms with van der Waals surface area (Å²) in [5, 5.41) is 10.9. The quantitative estimate of drug-likeness (QED) is 0.306. The number of hydrogen-bond acceptors (Lipinski definition) is 5. The van der Waals surface area contributed by atoms with E-state index in [1.807, 2.05) is 19.9 Å². The lowest BCUT2D eigenvalue weighted by atomic mass is 9.90. The summed E-state index contributed by atoms with van der Waals surface area (Å²) in [7, 11) is 0. The van der Waals surface area contributed by atoms with Crippen LogP contribution in [0.4, 0.5) is 0 Å². The lowest BCUT2D eigenvalue weighted by Crippen LogP contribution is -2.16. The maximum Gasteiger partial charge on any atom is 0.339 e. The molecule has 5 nitrogen and oxygen atoms in total. The highest BCUT2D eigenvalue weighted by molar-refractivity contribution is 6.16. The predicted octanol–water partition coefficient (Wildman–Crippen LogP) is 5.65. The summed E-state index contributed by atoms with van der Waals surface area (Å²) in [5.74, 6) is -1.02. The molecule has 0 saturated heterocycles. The molecule has 0 saturated carbocycles. The third-order valence-corrected chi connectivity index (χ3v) is 4.95. The summed E-state index contributed by atoms with van der Waals surface area (Å²) in [4.78, 5) is 25.9. The highest BCUT2D eigenvalue weighted by Crippen LogP contribution is 2.33. The lowest BCUT2D eigenvalue weighted by molar-refractivity contribution is 0.0494. The molecule has 0 aliphatic rings. The normalized spacial score (nSPS) is 10.3. The number of rotatable bonds is 10. The molecule has 29 heavy (non-hydrogen) atoms. The molecular weight excluding hydrogens is 366 g/mol. The van der Waals surface area contributed by atoms with Crippen LogP contribution in [0.2, 0.25) is 0 Å². The van der Waals surface area contributed by atoms with Gasteiger partial charge in [0.05, 0.1) is 17.7 Å². The van der Waals surface area contributed by atoms with Crippen molar-refractivity contribution < 1.29 is 19.4 Å². The second-order valence-electron chi connectivity index (χ2n) is 6.88. The molecule has 0 radical (unpaired) electrons. The van der Waals surface area contributed by atoms with Crippen LogP contribution in [0, 0.1) is 0 Å². The summed E-state index contributed by atoms with van der Waals surface area (Å²) < 4.78 is 5.43. The molecule has 0 heterocycles. The monoisotopic (exact) mass is 399 g/mol. The van der Waals surface area contributed by atoms with Gasteiger partial charge in [0.2, 0.25) is 0 Å². The average molecular weight is 400 g/mol. The molecule has 0 fully saturated rings. The van der Waals surface area contributed by atoms with Crippen molar-refractivity contribution in [2.24, 2.45) is 0 Å². The number of phenolic OH excluding ortho intramolecular Hbond substituents is 1. The Bertz CT molecular complexity index is 815. The highest BCUT2D eigenvalue weighted by atomic mass is 16.5. The largest absolute Gasteiger partial charge is 0.507 e. The minimum atomic E-state index is -0.552. The molecule has 0 atom stereocenters. The third-order valence-electron chi connectivity index (χ3n) is 4.95. The standard InChI is InChI=1S/C24H30O4.H3N/c1-4-7-8-12-15-28-24(27)20-16-17(5-2)19(6-3)23(26)21(20)22(25)18-13-10-9-11-14-18;/h9-11,13-14,16,26H,4-8,12,15H2,1-3H3;1H3. The molecule has 2 rings (SSSR count). The first-order chi connectivity index (χ1) is 13.5. The minimum Gasteiger partial charge on any atom is -0.507 e. The maximum atomic E-state index is 13.1. The van der Waals surface area contributed by atoms with Gasteiger partial charge in [0.1, 0.15) is 5.75 Å². The van der Waals surface area contributed by atoms with Crippen molar-refractivity contribution in [1.82, 2.24) is 6.15 Å². The smallest absolute Gasteiger partial charge is 0.339 e. The third kappa shape index (κ3) is 5.91. The van der Waals surface area contributed by atoms with Gasteiger partial charge in [-0.05, 0) is 36.5 Å². The van der Waals surface area contributed by atoms with E-state index in [1.165, 1.54) is 0 Å². The van der Waals surface area contributed by atoms with Crippen LogP contribution in [-0.4, -0.2) is 23.5 Å². The molecule has 0 aliphatic carbocycles. The van der Waals surface area contributed by atoms with Crippen LogP contribution in [0.3, 0.4) is 0 Å². The molecule has 0 aromatic heterocycles. The molecule has 0 unspecified atom stereocenters. The van der Waals surface area contributed by atoms with Gasteiger partial charge in [-0.25, -0.2) is 4.79 Å². The minimum absolute atomic E-state index is 0. The van der Waals surface area contributed by atoms with Crippen LogP contribution >= 0.6 is 0 Å². The van der Waals surface area contributed by atoms with Gasteiger partial charge in [-0.1, -0.05) is 70.4 Å². The van der Waals surface area contributed by atoms with Crippen molar-refractivity contribution in [2.75, 3.05) is 6.61 Å². The molecule has 2 aromatic carbocycles. The predicted molar refractivity (Wildman–Crippen MR) is 116 cm³/mol. The number of unbranched alkanes of at least 4 members (excludes halogenated alkanes) is 3. The number of esters is 1. The lowest BCUT2D eigenvalue weighted by Gasteiger charge is -2.17. The number of ether oxygens (including phenoxy) is 1. The van der Waals surface area contributed by atoms with Crippen LogP contribution in [0.5, 0.6) is 5.75 Å². The molecule has 0 aliphatic heterocycles. The van der Waals surface area contributed by atoms with Crippen molar-refractivity contribution in [2.45, 2.75) is 59.3 Å². The Hall–Kier alpha value is -2.66. The molecule has 0 bridgehead atoms. The van der Waals surface area contributed by atoms with Gasteiger partial charge in [-0.2, -0.15) is 0 Å². The summed E-state index contributed by atoms with van der Waals surface area (Å²) in [5.41, 5.74) is 2.19. The first kappa shape index (κ1) is 24.4. The number of aryl methyl sites for hydroxylation is 1. The highest BCUT2D eigenvalue weighted by Gasteiger charge is 2.26. The second-order valence-corrected chi connectivity index (χ2v) is 6.88. The van der Waals surface area contributed by atoms with Gasteiger partial charge in [-0.3, -0.25) is 4.79 Å². The Labute approximate surface area is 173 Å². The van der Waals surface area contributed by atoms with Crippen molar-refractivity contribution in [3.8, 4) is 5.75 Å². The molecule has 2 aromatic rings. The molecule has 158 valence electrons. The van der Waals surface area contributed by atoms with E-state index >= 15 is 0 Å². The summed E-state index contributed by atoms with van der Waals surface area (Å²) in [6, 6.07) is 10.4. The maximum absolute atomic E-state index is 13.1. The Kier molecular flexibility index (Phi) is 10.1. The van der Waals surface area contributed by atoms with Crippen LogP contribution < -0.4 is 6.15 Å². The van der Waals surface area contributed by atoms with Crippen LogP contribution in [0.15, 0.2) is 36.4 Å². The van der Waals surface area contributed by atoms with Gasteiger partial charge in [0, 0.05) is 5.56 Å². The topological polar surface area (TPSA) is 98.6 Å². The van der Waals surface area contributed by atoms with Gasteiger partial charge in [-0.15, -0.1) is 0 Å². The average Bonchev–Trinajstić information content (AvgIpc) is 2.72. The van der Waals surface area contributed by atoms with Crippen molar-refractivity contribution >= 4 is 11.8 Å². The van der Waals surface area contributed by atoms with Crippen molar-refractivity contribution in [3.63, 3.8) is 0 Å². The summed E-state index contributed by atoms with van der Waals surface area (Å²) >= 11 is 0. The number of aromatic hydroxyl groups is 1. The summed E-state index contributed by atoms with van der Waals surface area (Å²) in [6.45, 7) is 6.33. The zero-order valence-electron chi connectivity index (χ0n) is 17.8.